The molecule has 0 atom stereocenters. The molecule has 0 aromatic heterocycles. The number of aldehydes is 1. The number of alkyl carbamates (subject to hydrolysis) is 1. The Kier molecular flexibility index (Phi) is 12.2. The molecule has 0 rings (SSSR count). The maximum Gasteiger partial charge on any atom is 0.407 e. The highest BCUT2D eigenvalue weighted by Crippen LogP contribution is 1.99. The molecule has 4 nitrogen and oxygen atoms in total. The fourth-order valence-corrected chi connectivity index (χ4v) is 1.46. The van der Waals surface area contributed by atoms with Gasteiger partial charge in [0.1, 0.15) is 6.29 Å². The van der Waals surface area contributed by atoms with Crippen molar-refractivity contribution in [1.82, 2.24) is 5.32 Å². The fraction of sp³-hybridized carbons (Fsp3) is 0.846. The molecule has 0 aromatic rings. The Morgan fingerprint density at radius 1 is 1.12 bits per heavy atom. The minimum absolute atomic E-state index is 0.322. The van der Waals surface area contributed by atoms with Crippen LogP contribution >= 0.6 is 0 Å². The highest BCUT2D eigenvalue weighted by molar-refractivity contribution is 5.66. The maximum atomic E-state index is 11.2. The molecule has 0 saturated carbocycles. The lowest BCUT2D eigenvalue weighted by Gasteiger charge is -2.06. The van der Waals surface area contributed by atoms with Crippen molar-refractivity contribution in [2.75, 3.05) is 13.2 Å². The van der Waals surface area contributed by atoms with Crippen LogP contribution in [0.15, 0.2) is 0 Å². The third kappa shape index (κ3) is 12.9. The third-order valence-corrected chi connectivity index (χ3v) is 2.50. The summed E-state index contributed by atoms with van der Waals surface area (Å²) in [5, 5.41) is 2.70. The zero-order valence-electron chi connectivity index (χ0n) is 10.9. The van der Waals surface area contributed by atoms with E-state index in [4.69, 9.17) is 4.74 Å². The van der Waals surface area contributed by atoms with Crippen LogP contribution in [0.2, 0.25) is 0 Å². The molecule has 0 bridgehead atoms. The van der Waals surface area contributed by atoms with Crippen molar-refractivity contribution in [3.63, 3.8) is 0 Å². The summed E-state index contributed by atoms with van der Waals surface area (Å²) in [6.45, 7) is 3.29. The van der Waals surface area contributed by atoms with Crippen molar-refractivity contribution in [3.8, 4) is 0 Å². The number of hydrogen-bond acceptors (Lipinski definition) is 3. The zero-order chi connectivity index (χ0) is 12.8. The van der Waals surface area contributed by atoms with Crippen LogP contribution in [0.3, 0.4) is 0 Å². The molecule has 0 radical (unpaired) electrons. The van der Waals surface area contributed by atoms with E-state index in [1.54, 1.807) is 0 Å². The Bertz CT molecular complexity index is 195. The van der Waals surface area contributed by atoms with Gasteiger partial charge >= 0.3 is 6.09 Å². The Labute approximate surface area is 104 Å². The van der Waals surface area contributed by atoms with E-state index in [0.29, 0.717) is 19.6 Å². The minimum Gasteiger partial charge on any atom is -0.450 e. The van der Waals surface area contributed by atoms with Crippen LogP contribution in [-0.4, -0.2) is 25.5 Å². The molecule has 0 fully saturated rings. The highest BCUT2D eigenvalue weighted by atomic mass is 16.5. The monoisotopic (exact) mass is 243 g/mol. The average Bonchev–Trinajstić information content (AvgIpc) is 2.33. The van der Waals surface area contributed by atoms with Gasteiger partial charge in [-0.2, -0.15) is 0 Å². The molecule has 17 heavy (non-hydrogen) atoms. The summed E-state index contributed by atoms with van der Waals surface area (Å²) in [4.78, 5) is 21.2. The zero-order valence-corrected chi connectivity index (χ0v) is 10.9. The summed E-state index contributed by atoms with van der Waals surface area (Å²) < 4.78 is 5.01. The number of carbonyl (C=O) groups excluding carboxylic acids is 2. The Morgan fingerprint density at radius 2 is 1.88 bits per heavy atom. The molecule has 1 N–H and O–H groups in total. The van der Waals surface area contributed by atoms with Crippen molar-refractivity contribution in [2.24, 2.45) is 0 Å². The topological polar surface area (TPSA) is 55.4 Å². The van der Waals surface area contributed by atoms with E-state index in [2.05, 4.69) is 12.2 Å². The predicted octanol–water partition coefficient (Wildman–Crippen LogP) is 3.05. The van der Waals surface area contributed by atoms with Gasteiger partial charge in [0.05, 0.1) is 6.61 Å². The number of rotatable bonds is 11. The van der Waals surface area contributed by atoms with Gasteiger partial charge in [0.15, 0.2) is 0 Å². The number of amides is 1. The first-order valence-electron chi connectivity index (χ1n) is 6.65. The molecule has 1 amide bonds. The number of ether oxygens (including phenoxy) is 1. The Morgan fingerprint density at radius 3 is 2.59 bits per heavy atom. The lowest BCUT2D eigenvalue weighted by atomic mass is 10.2. The van der Waals surface area contributed by atoms with Crippen molar-refractivity contribution >= 4 is 12.4 Å². The second kappa shape index (κ2) is 13.0. The normalized spacial score (nSPS) is 9.94. The first kappa shape index (κ1) is 15.9. The van der Waals surface area contributed by atoms with Crippen molar-refractivity contribution in [1.29, 1.82) is 0 Å². The Hall–Kier alpha value is -1.06. The predicted molar refractivity (Wildman–Crippen MR) is 68.0 cm³/mol. The molecule has 0 aliphatic rings. The van der Waals surface area contributed by atoms with Crippen LogP contribution in [-0.2, 0) is 9.53 Å². The standard InChI is InChI=1S/C13H25NO3/c1-2-3-4-9-12-17-13(16)14-10-7-5-6-8-11-15/h11H,2-10,12H2,1H3,(H,14,16). The van der Waals surface area contributed by atoms with Crippen LogP contribution in [0.5, 0.6) is 0 Å². The summed E-state index contributed by atoms with van der Waals surface area (Å²) in [5.41, 5.74) is 0. The van der Waals surface area contributed by atoms with E-state index < -0.39 is 0 Å². The molecular formula is C13H25NO3. The molecule has 0 aromatic carbocycles. The van der Waals surface area contributed by atoms with E-state index in [1.807, 2.05) is 0 Å². The first-order valence-corrected chi connectivity index (χ1v) is 6.65. The summed E-state index contributed by atoms with van der Waals surface area (Å²) in [5.74, 6) is 0. The number of nitrogens with one attached hydrogen (secondary N) is 1. The van der Waals surface area contributed by atoms with E-state index in [1.165, 1.54) is 12.8 Å². The van der Waals surface area contributed by atoms with E-state index in [-0.39, 0.29) is 6.09 Å². The van der Waals surface area contributed by atoms with Crippen molar-refractivity contribution in [2.45, 2.75) is 58.3 Å². The molecular weight excluding hydrogens is 218 g/mol. The van der Waals surface area contributed by atoms with Gasteiger partial charge < -0.3 is 14.8 Å². The van der Waals surface area contributed by atoms with Crippen molar-refractivity contribution in [3.05, 3.63) is 0 Å². The van der Waals surface area contributed by atoms with Crippen LogP contribution in [0.4, 0.5) is 4.79 Å². The van der Waals surface area contributed by atoms with Gasteiger partial charge in [-0.3, -0.25) is 0 Å². The lowest BCUT2D eigenvalue weighted by Crippen LogP contribution is -2.25. The summed E-state index contributed by atoms with van der Waals surface area (Å²) >= 11 is 0. The third-order valence-electron chi connectivity index (χ3n) is 2.50. The average molecular weight is 243 g/mol. The number of carbonyl (C=O) groups is 2. The SMILES string of the molecule is CCCCCCOC(=O)NCCCCCC=O. The summed E-state index contributed by atoms with van der Waals surface area (Å²) in [6, 6.07) is 0. The lowest BCUT2D eigenvalue weighted by molar-refractivity contribution is -0.107. The minimum atomic E-state index is -0.322. The number of unbranched alkanes of at least 4 members (excludes halogenated alkanes) is 6. The fourth-order valence-electron chi connectivity index (χ4n) is 1.46. The largest absolute Gasteiger partial charge is 0.450 e. The van der Waals surface area contributed by atoms with Crippen LogP contribution in [0.25, 0.3) is 0 Å². The van der Waals surface area contributed by atoms with Crippen LogP contribution < -0.4 is 5.32 Å². The molecule has 0 unspecified atom stereocenters. The molecule has 0 heterocycles. The highest BCUT2D eigenvalue weighted by Gasteiger charge is 2.00. The molecule has 0 saturated heterocycles. The van der Waals surface area contributed by atoms with Gasteiger partial charge in [-0.15, -0.1) is 0 Å². The van der Waals surface area contributed by atoms with Crippen LogP contribution in [0, 0.1) is 0 Å². The van der Waals surface area contributed by atoms with Gasteiger partial charge in [0, 0.05) is 13.0 Å². The van der Waals surface area contributed by atoms with Gasteiger partial charge in [0.25, 0.3) is 0 Å². The maximum absolute atomic E-state index is 11.2. The number of hydrogen-bond donors (Lipinski definition) is 1. The first-order chi connectivity index (χ1) is 8.31. The summed E-state index contributed by atoms with van der Waals surface area (Å²) in [7, 11) is 0. The molecule has 0 aliphatic heterocycles. The second-order valence-electron chi connectivity index (χ2n) is 4.14. The molecule has 0 spiro atoms. The quantitative estimate of drug-likeness (QED) is 0.448. The van der Waals surface area contributed by atoms with E-state index in [9.17, 15) is 9.59 Å². The van der Waals surface area contributed by atoms with Crippen molar-refractivity contribution < 1.29 is 14.3 Å². The Balaban J connectivity index is 3.14. The summed E-state index contributed by atoms with van der Waals surface area (Å²) in [6.07, 6.45) is 8.44. The van der Waals surface area contributed by atoms with Crippen LogP contribution in [0.1, 0.15) is 58.3 Å². The van der Waals surface area contributed by atoms with Gasteiger partial charge in [-0.05, 0) is 19.3 Å². The van der Waals surface area contributed by atoms with Gasteiger partial charge in [0.2, 0.25) is 0 Å². The van der Waals surface area contributed by atoms with Gasteiger partial charge in [-0.25, -0.2) is 4.79 Å². The molecule has 100 valence electrons. The smallest absolute Gasteiger partial charge is 0.407 e. The van der Waals surface area contributed by atoms with Gasteiger partial charge in [-0.1, -0.05) is 32.6 Å². The molecule has 0 aliphatic carbocycles. The second-order valence-corrected chi connectivity index (χ2v) is 4.14. The van der Waals surface area contributed by atoms with E-state index >= 15 is 0 Å². The van der Waals surface area contributed by atoms with E-state index in [0.717, 1.165) is 38.4 Å². The molecule has 4 heteroatoms.